The molecule has 3 rings (SSSR count). The average molecular weight is 342 g/mol. The largest absolute Gasteiger partial charge is 0.321 e. The maximum atomic E-state index is 12.9. The van der Waals surface area contributed by atoms with Crippen molar-refractivity contribution in [1.82, 2.24) is 0 Å². The summed E-state index contributed by atoms with van der Waals surface area (Å²) in [6, 6.07) is 24.8. The number of hydrogen-bond acceptors (Lipinski definition) is 2. The SMILES string of the molecule is N#C/C(=C\c1ccc(-c2ccccc2)cc1)C(=O)Nc1ccc(F)cc1. The number of nitriles is 1. The Morgan fingerprint density at radius 3 is 2.12 bits per heavy atom. The number of nitrogens with one attached hydrogen (secondary N) is 1. The quantitative estimate of drug-likeness (QED) is 0.533. The van der Waals surface area contributed by atoms with Gasteiger partial charge in [-0.05, 0) is 47.0 Å². The van der Waals surface area contributed by atoms with Crippen LogP contribution in [0.3, 0.4) is 0 Å². The van der Waals surface area contributed by atoms with E-state index >= 15 is 0 Å². The molecular weight excluding hydrogens is 327 g/mol. The average Bonchev–Trinajstić information content (AvgIpc) is 2.69. The number of hydrogen-bond donors (Lipinski definition) is 1. The van der Waals surface area contributed by atoms with Crippen LogP contribution in [0.25, 0.3) is 17.2 Å². The Balaban J connectivity index is 1.77. The molecule has 126 valence electrons. The van der Waals surface area contributed by atoms with Crippen LogP contribution in [0.2, 0.25) is 0 Å². The Kier molecular flexibility index (Phi) is 5.21. The van der Waals surface area contributed by atoms with E-state index in [1.165, 1.54) is 30.3 Å². The molecule has 0 aliphatic carbocycles. The van der Waals surface area contributed by atoms with E-state index in [1.54, 1.807) is 0 Å². The third kappa shape index (κ3) is 4.22. The molecule has 3 nitrogen and oxygen atoms in total. The van der Waals surface area contributed by atoms with Gasteiger partial charge in [-0.25, -0.2) is 4.39 Å². The zero-order chi connectivity index (χ0) is 18.4. The fraction of sp³-hybridized carbons (Fsp3) is 0. The molecule has 3 aromatic rings. The molecule has 3 aromatic carbocycles. The van der Waals surface area contributed by atoms with Crippen LogP contribution in [0, 0.1) is 17.1 Å². The Morgan fingerprint density at radius 1 is 0.885 bits per heavy atom. The van der Waals surface area contributed by atoms with Gasteiger partial charge in [0.2, 0.25) is 0 Å². The van der Waals surface area contributed by atoms with Gasteiger partial charge in [-0.15, -0.1) is 0 Å². The van der Waals surface area contributed by atoms with Gasteiger partial charge in [0.15, 0.2) is 0 Å². The number of carbonyl (C=O) groups is 1. The highest BCUT2D eigenvalue weighted by molar-refractivity contribution is 6.09. The van der Waals surface area contributed by atoms with Crippen molar-refractivity contribution in [3.8, 4) is 17.2 Å². The first-order valence-corrected chi connectivity index (χ1v) is 8.00. The Bertz CT molecular complexity index is 969. The second-order valence-electron chi connectivity index (χ2n) is 5.62. The molecule has 0 heterocycles. The van der Waals surface area contributed by atoms with Gasteiger partial charge in [0.25, 0.3) is 5.91 Å². The third-order valence-corrected chi connectivity index (χ3v) is 3.80. The van der Waals surface area contributed by atoms with Gasteiger partial charge in [-0.1, -0.05) is 54.6 Å². The van der Waals surface area contributed by atoms with Gasteiger partial charge in [-0.2, -0.15) is 5.26 Å². The van der Waals surface area contributed by atoms with Crippen LogP contribution in [0.15, 0.2) is 84.4 Å². The van der Waals surface area contributed by atoms with Gasteiger partial charge in [0, 0.05) is 5.69 Å². The molecular formula is C22H15FN2O. The first-order chi connectivity index (χ1) is 12.7. The second-order valence-corrected chi connectivity index (χ2v) is 5.62. The first-order valence-electron chi connectivity index (χ1n) is 8.00. The first kappa shape index (κ1) is 17.1. The molecule has 0 unspecified atom stereocenters. The molecule has 0 aliphatic rings. The molecule has 0 spiro atoms. The molecule has 26 heavy (non-hydrogen) atoms. The minimum absolute atomic E-state index is 0.0261. The van der Waals surface area contributed by atoms with E-state index in [1.807, 2.05) is 60.7 Å². The van der Waals surface area contributed by atoms with Crippen molar-refractivity contribution >= 4 is 17.7 Å². The molecule has 0 atom stereocenters. The Morgan fingerprint density at radius 2 is 1.50 bits per heavy atom. The molecule has 0 aromatic heterocycles. The monoisotopic (exact) mass is 342 g/mol. The summed E-state index contributed by atoms with van der Waals surface area (Å²) in [5.41, 5.74) is 3.30. The summed E-state index contributed by atoms with van der Waals surface area (Å²) >= 11 is 0. The molecule has 1 amide bonds. The number of nitrogens with zero attached hydrogens (tertiary/aromatic N) is 1. The lowest BCUT2D eigenvalue weighted by molar-refractivity contribution is -0.112. The fourth-order valence-corrected chi connectivity index (χ4v) is 2.45. The number of carbonyl (C=O) groups excluding carboxylic acids is 1. The lowest BCUT2D eigenvalue weighted by Gasteiger charge is -2.05. The van der Waals surface area contributed by atoms with E-state index in [4.69, 9.17) is 0 Å². The predicted molar refractivity (Wildman–Crippen MR) is 100 cm³/mol. The maximum absolute atomic E-state index is 12.9. The van der Waals surface area contributed by atoms with Crippen molar-refractivity contribution in [3.63, 3.8) is 0 Å². The highest BCUT2D eigenvalue weighted by atomic mass is 19.1. The van der Waals surface area contributed by atoms with Crippen LogP contribution < -0.4 is 5.32 Å². The molecule has 1 N–H and O–H groups in total. The van der Waals surface area contributed by atoms with Gasteiger partial charge >= 0.3 is 0 Å². The number of rotatable bonds is 4. The topological polar surface area (TPSA) is 52.9 Å². The summed E-state index contributed by atoms with van der Waals surface area (Å²) < 4.78 is 12.9. The van der Waals surface area contributed by atoms with Crippen molar-refractivity contribution in [2.45, 2.75) is 0 Å². The smallest absolute Gasteiger partial charge is 0.266 e. The van der Waals surface area contributed by atoms with Crippen molar-refractivity contribution < 1.29 is 9.18 Å². The summed E-state index contributed by atoms with van der Waals surface area (Å²) in [5.74, 6) is -0.927. The van der Waals surface area contributed by atoms with E-state index in [-0.39, 0.29) is 5.57 Å². The van der Waals surface area contributed by atoms with Crippen LogP contribution in [-0.2, 0) is 4.79 Å². The van der Waals surface area contributed by atoms with Crippen LogP contribution >= 0.6 is 0 Å². The number of halogens is 1. The summed E-state index contributed by atoms with van der Waals surface area (Å²) in [6.45, 7) is 0. The highest BCUT2D eigenvalue weighted by Gasteiger charge is 2.09. The van der Waals surface area contributed by atoms with E-state index in [2.05, 4.69) is 5.32 Å². The summed E-state index contributed by atoms with van der Waals surface area (Å²) in [6.07, 6.45) is 1.52. The maximum Gasteiger partial charge on any atom is 0.266 e. The van der Waals surface area contributed by atoms with Crippen molar-refractivity contribution in [2.24, 2.45) is 0 Å². The van der Waals surface area contributed by atoms with Crippen LogP contribution in [0.5, 0.6) is 0 Å². The van der Waals surface area contributed by atoms with E-state index in [0.29, 0.717) is 5.69 Å². The normalized spacial score (nSPS) is 10.8. The van der Waals surface area contributed by atoms with Crippen molar-refractivity contribution in [3.05, 3.63) is 95.8 Å². The van der Waals surface area contributed by atoms with E-state index in [0.717, 1.165) is 16.7 Å². The predicted octanol–water partition coefficient (Wildman–Crippen LogP) is 5.04. The zero-order valence-corrected chi connectivity index (χ0v) is 13.8. The van der Waals surface area contributed by atoms with Gasteiger partial charge in [0.05, 0.1) is 0 Å². The van der Waals surface area contributed by atoms with E-state index in [9.17, 15) is 14.4 Å². The zero-order valence-electron chi connectivity index (χ0n) is 13.8. The molecule has 0 fully saturated rings. The highest BCUT2D eigenvalue weighted by Crippen LogP contribution is 2.20. The summed E-state index contributed by atoms with van der Waals surface area (Å²) in [5, 5.41) is 11.9. The van der Waals surface area contributed by atoms with Crippen molar-refractivity contribution in [1.29, 1.82) is 5.26 Å². The molecule has 4 heteroatoms. The van der Waals surface area contributed by atoms with Gasteiger partial charge in [-0.3, -0.25) is 4.79 Å². The standard InChI is InChI=1S/C22H15FN2O/c23-20-10-12-21(13-11-20)25-22(26)19(15-24)14-16-6-8-18(9-7-16)17-4-2-1-3-5-17/h1-14H,(H,25,26)/b19-14+. The molecule has 0 saturated carbocycles. The molecule has 0 radical (unpaired) electrons. The van der Waals surface area contributed by atoms with Crippen LogP contribution in [0.4, 0.5) is 10.1 Å². The fourth-order valence-electron chi connectivity index (χ4n) is 2.45. The minimum atomic E-state index is -0.536. The molecule has 0 aliphatic heterocycles. The van der Waals surface area contributed by atoms with Gasteiger partial charge < -0.3 is 5.32 Å². The Labute approximate surface area is 151 Å². The van der Waals surface area contributed by atoms with E-state index < -0.39 is 11.7 Å². The molecule has 0 saturated heterocycles. The minimum Gasteiger partial charge on any atom is -0.321 e. The second kappa shape index (κ2) is 7.91. The lowest BCUT2D eigenvalue weighted by Crippen LogP contribution is -2.13. The van der Waals surface area contributed by atoms with Gasteiger partial charge in [0.1, 0.15) is 17.5 Å². The summed E-state index contributed by atoms with van der Waals surface area (Å²) in [7, 11) is 0. The Hall–Kier alpha value is -3.71. The van der Waals surface area contributed by atoms with Crippen LogP contribution in [-0.4, -0.2) is 5.91 Å². The lowest BCUT2D eigenvalue weighted by atomic mass is 10.0. The number of benzene rings is 3. The van der Waals surface area contributed by atoms with Crippen molar-refractivity contribution in [2.75, 3.05) is 5.32 Å². The number of amides is 1. The third-order valence-electron chi connectivity index (χ3n) is 3.80. The molecule has 0 bridgehead atoms. The van der Waals surface area contributed by atoms with Crippen LogP contribution in [0.1, 0.15) is 5.56 Å². The summed E-state index contributed by atoms with van der Waals surface area (Å²) in [4.78, 5) is 12.2. The number of anilines is 1.